The number of halogens is 1. The fourth-order valence-electron chi connectivity index (χ4n) is 2.48. The van der Waals surface area contributed by atoms with Gasteiger partial charge < -0.3 is 9.67 Å². The van der Waals surface area contributed by atoms with E-state index in [1.165, 1.54) is 6.07 Å². The summed E-state index contributed by atoms with van der Waals surface area (Å²) in [4.78, 5) is 2.19. The molecule has 1 atom stereocenters. The SMILES string of the molecule is CC(c1ccc(F)cc1O)N1CCn2cnnc2C1. The first-order valence-electron chi connectivity index (χ1n) is 6.24. The van der Waals surface area contributed by atoms with Crippen molar-refractivity contribution in [2.45, 2.75) is 26.1 Å². The molecule has 0 saturated heterocycles. The average molecular weight is 262 g/mol. The molecule has 6 heteroatoms. The van der Waals surface area contributed by atoms with Gasteiger partial charge in [-0.1, -0.05) is 6.07 Å². The maximum Gasteiger partial charge on any atom is 0.147 e. The van der Waals surface area contributed by atoms with Gasteiger partial charge in [0.15, 0.2) is 0 Å². The van der Waals surface area contributed by atoms with Crippen LogP contribution in [0.1, 0.15) is 24.4 Å². The summed E-state index contributed by atoms with van der Waals surface area (Å²) in [5.74, 6) is 0.492. The van der Waals surface area contributed by atoms with Crippen molar-refractivity contribution in [2.75, 3.05) is 6.54 Å². The van der Waals surface area contributed by atoms with Crippen molar-refractivity contribution in [1.82, 2.24) is 19.7 Å². The maximum atomic E-state index is 13.0. The van der Waals surface area contributed by atoms with Crippen LogP contribution in [-0.2, 0) is 13.1 Å². The second-order valence-electron chi connectivity index (χ2n) is 4.79. The zero-order valence-corrected chi connectivity index (χ0v) is 10.6. The fraction of sp³-hybridized carbons (Fsp3) is 0.385. The molecular formula is C13H15FN4O. The maximum absolute atomic E-state index is 13.0. The van der Waals surface area contributed by atoms with Crippen LogP contribution in [-0.4, -0.2) is 31.3 Å². The highest BCUT2D eigenvalue weighted by Gasteiger charge is 2.24. The van der Waals surface area contributed by atoms with Crippen LogP contribution in [0.3, 0.4) is 0 Å². The van der Waals surface area contributed by atoms with Crippen LogP contribution in [0.2, 0.25) is 0 Å². The Morgan fingerprint density at radius 2 is 2.21 bits per heavy atom. The molecule has 1 N–H and O–H groups in total. The highest BCUT2D eigenvalue weighted by atomic mass is 19.1. The summed E-state index contributed by atoms with van der Waals surface area (Å²) in [6.07, 6.45) is 1.73. The number of aromatic hydroxyl groups is 1. The van der Waals surface area contributed by atoms with Crippen molar-refractivity contribution in [3.8, 4) is 5.75 Å². The number of nitrogens with zero attached hydrogens (tertiary/aromatic N) is 4. The van der Waals surface area contributed by atoms with Gasteiger partial charge in [-0.2, -0.15) is 0 Å². The summed E-state index contributed by atoms with van der Waals surface area (Å²) in [6.45, 7) is 4.36. The highest BCUT2D eigenvalue weighted by molar-refractivity contribution is 5.35. The molecule has 0 amide bonds. The number of hydrogen-bond acceptors (Lipinski definition) is 4. The van der Waals surface area contributed by atoms with Crippen LogP contribution in [0, 0.1) is 5.82 Å². The van der Waals surface area contributed by atoms with Crippen LogP contribution >= 0.6 is 0 Å². The van der Waals surface area contributed by atoms with Crippen molar-refractivity contribution >= 4 is 0 Å². The molecule has 2 heterocycles. The Balaban J connectivity index is 1.83. The molecular weight excluding hydrogens is 247 g/mol. The van der Waals surface area contributed by atoms with E-state index < -0.39 is 5.82 Å². The second-order valence-corrected chi connectivity index (χ2v) is 4.79. The zero-order valence-electron chi connectivity index (χ0n) is 10.6. The Labute approximate surface area is 110 Å². The molecule has 1 aromatic heterocycles. The van der Waals surface area contributed by atoms with E-state index in [0.29, 0.717) is 6.54 Å². The van der Waals surface area contributed by atoms with E-state index in [9.17, 15) is 9.50 Å². The largest absolute Gasteiger partial charge is 0.508 e. The van der Waals surface area contributed by atoms with Gasteiger partial charge >= 0.3 is 0 Å². The number of fused-ring (bicyclic) bond motifs is 1. The number of phenolic OH excluding ortho intramolecular Hbond substituents is 1. The van der Waals surface area contributed by atoms with Crippen molar-refractivity contribution in [3.63, 3.8) is 0 Å². The standard InChI is InChI=1S/C13H15FN4O/c1-9(11-3-2-10(14)6-12(11)19)17-4-5-18-8-15-16-13(18)7-17/h2-3,6,8-9,19H,4-5,7H2,1H3. The van der Waals surface area contributed by atoms with Gasteiger partial charge in [0.25, 0.3) is 0 Å². The van der Waals surface area contributed by atoms with Crippen molar-refractivity contribution in [2.24, 2.45) is 0 Å². The lowest BCUT2D eigenvalue weighted by atomic mass is 10.0. The minimum Gasteiger partial charge on any atom is -0.508 e. The van der Waals surface area contributed by atoms with Gasteiger partial charge in [-0.3, -0.25) is 4.90 Å². The third-order valence-electron chi connectivity index (χ3n) is 3.66. The number of benzene rings is 1. The first-order valence-corrected chi connectivity index (χ1v) is 6.24. The molecule has 0 aliphatic carbocycles. The second kappa shape index (κ2) is 4.62. The van der Waals surface area contributed by atoms with Gasteiger partial charge in [0.1, 0.15) is 23.7 Å². The number of aromatic nitrogens is 3. The molecule has 5 nitrogen and oxygen atoms in total. The van der Waals surface area contributed by atoms with E-state index in [1.807, 2.05) is 11.5 Å². The van der Waals surface area contributed by atoms with Gasteiger partial charge in [-0.15, -0.1) is 10.2 Å². The first-order chi connectivity index (χ1) is 9.15. The quantitative estimate of drug-likeness (QED) is 0.895. The Bertz CT molecular complexity index is 598. The van der Waals surface area contributed by atoms with Crippen molar-refractivity contribution < 1.29 is 9.50 Å². The Morgan fingerprint density at radius 3 is 3.00 bits per heavy atom. The summed E-state index contributed by atoms with van der Waals surface area (Å²) in [5, 5.41) is 17.8. The van der Waals surface area contributed by atoms with E-state index in [2.05, 4.69) is 15.1 Å². The normalized spacial score (nSPS) is 17.2. The summed E-state index contributed by atoms with van der Waals surface area (Å²) < 4.78 is 15.0. The van der Waals surface area contributed by atoms with Gasteiger partial charge in [0.2, 0.25) is 0 Å². The summed E-state index contributed by atoms with van der Waals surface area (Å²) in [7, 11) is 0. The van der Waals surface area contributed by atoms with Crippen molar-refractivity contribution in [3.05, 3.63) is 41.7 Å². The molecule has 1 unspecified atom stereocenters. The molecule has 0 radical (unpaired) electrons. The van der Waals surface area contributed by atoms with Crippen LogP contribution < -0.4 is 0 Å². The Hall–Kier alpha value is -1.95. The van der Waals surface area contributed by atoms with Crippen LogP contribution in [0.5, 0.6) is 5.75 Å². The molecule has 1 aliphatic heterocycles. The number of phenols is 1. The lowest BCUT2D eigenvalue weighted by Crippen LogP contribution is -2.35. The summed E-state index contributed by atoms with van der Waals surface area (Å²) in [5.41, 5.74) is 0.731. The topological polar surface area (TPSA) is 54.2 Å². The molecule has 0 fully saturated rings. The molecule has 19 heavy (non-hydrogen) atoms. The third kappa shape index (κ3) is 2.19. The van der Waals surface area contributed by atoms with E-state index in [4.69, 9.17) is 0 Å². The molecule has 2 aromatic rings. The molecule has 1 aromatic carbocycles. The molecule has 100 valence electrons. The lowest BCUT2D eigenvalue weighted by molar-refractivity contribution is 0.161. The lowest BCUT2D eigenvalue weighted by Gasteiger charge is -2.32. The highest BCUT2D eigenvalue weighted by Crippen LogP contribution is 2.30. The minimum atomic E-state index is -0.424. The summed E-state index contributed by atoms with van der Waals surface area (Å²) >= 11 is 0. The van der Waals surface area contributed by atoms with E-state index in [-0.39, 0.29) is 11.8 Å². The minimum absolute atomic E-state index is 0.000426. The van der Waals surface area contributed by atoms with E-state index in [1.54, 1.807) is 12.4 Å². The molecule has 0 spiro atoms. The average Bonchev–Trinajstić information content (AvgIpc) is 2.85. The van der Waals surface area contributed by atoms with Gasteiger partial charge in [0, 0.05) is 30.8 Å². The monoisotopic (exact) mass is 262 g/mol. The van der Waals surface area contributed by atoms with Crippen LogP contribution in [0.15, 0.2) is 24.5 Å². The fourth-order valence-corrected chi connectivity index (χ4v) is 2.48. The molecule has 0 bridgehead atoms. The van der Waals surface area contributed by atoms with Gasteiger partial charge in [0.05, 0.1) is 6.54 Å². The van der Waals surface area contributed by atoms with Crippen LogP contribution in [0.25, 0.3) is 0 Å². The predicted molar refractivity (Wildman–Crippen MR) is 66.9 cm³/mol. The Morgan fingerprint density at radius 1 is 1.37 bits per heavy atom. The third-order valence-corrected chi connectivity index (χ3v) is 3.66. The summed E-state index contributed by atoms with van der Waals surface area (Å²) in [6, 6.07) is 4.16. The predicted octanol–water partition coefficient (Wildman–Crippen LogP) is 1.70. The van der Waals surface area contributed by atoms with Crippen molar-refractivity contribution in [1.29, 1.82) is 0 Å². The number of rotatable bonds is 2. The molecule has 3 rings (SSSR count). The smallest absolute Gasteiger partial charge is 0.147 e. The zero-order chi connectivity index (χ0) is 13.4. The van der Waals surface area contributed by atoms with E-state index in [0.717, 1.165) is 30.5 Å². The number of hydrogen-bond donors (Lipinski definition) is 1. The molecule has 1 aliphatic rings. The van der Waals surface area contributed by atoms with Gasteiger partial charge in [-0.25, -0.2) is 4.39 Å². The van der Waals surface area contributed by atoms with E-state index >= 15 is 0 Å². The van der Waals surface area contributed by atoms with Crippen LogP contribution in [0.4, 0.5) is 4.39 Å². The van der Waals surface area contributed by atoms with Gasteiger partial charge in [-0.05, 0) is 13.0 Å². The first kappa shape index (κ1) is 12.1. The molecule has 0 saturated carbocycles. The Kier molecular flexibility index (Phi) is 2.94.